The third-order valence-electron chi connectivity index (χ3n) is 3.02. The number of benzene rings is 1. The van der Waals surface area contributed by atoms with Gasteiger partial charge in [-0.15, -0.1) is 0 Å². The molecule has 0 bridgehead atoms. The van der Waals surface area contributed by atoms with Gasteiger partial charge in [0, 0.05) is 10.6 Å². The predicted molar refractivity (Wildman–Crippen MR) is 64.4 cm³/mol. The molecule has 0 unspecified atom stereocenters. The van der Waals surface area contributed by atoms with Gasteiger partial charge >= 0.3 is 0 Å². The van der Waals surface area contributed by atoms with Crippen LogP contribution in [0.5, 0.6) is 0 Å². The predicted octanol–water partition coefficient (Wildman–Crippen LogP) is 1.78. The Bertz CT molecular complexity index is 580. The number of nitrogens with zero attached hydrogens (tertiary/aromatic N) is 1. The van der Waals surface area contributed by atoms with Crippen molar-refractivity contribution < 1.29 is 13.2 Å². The van der Waals surface area contributed by atoms with Crippen LogP contribution >= 0.6 is 11.6 Å². The number of carbonyl (C=O) groups is 1. The van der Waals surface area contributed by atoms with Gasteiger partial charge in [0.1, 0.15) is 6.29 Å². The molecule has 4 nitrogen and oxygen atoms in total. The Morgan fingerprint density at radius 3 is 2.59 bits per heavy atom. The van der Waals surface area contributed by atoms with Gasteiger partial charge in [0.15, 0.2) is 0 Å². The fourth-order valence-corrected chi connectivity index (χ4v) is 4.77. The quantitative estimate of drug-likeness (QED) is 0.772. The molecule has 1 aromatic rings. The van der Waals surface area contributed by atoms with Gasteiger partial charge in [-0.3, -0.25) is 0 Å². The highest BCUT2D eigenvalue weighted by atomic mass is 35.5. The molecule has 0 aliphatic carbocycles. The first kappa shape index (κ1) is 12.5. The van der Waals surface area contributed by atoms with E-state index in [1.807, 2.05) is 0 Å². The minimum Gasteiger partial charge on any atom is -0.302 e. The summed E-state index contributed by atoms with van der Waals surface area (Å²) < 4.78 is 25.7. The van der Waals surface area contributed by atoms with Gasteiger partial charge in [0.05, 0.1) is 17.0 Å². The molecule has 0 fully saturated rings. The smallest absolute Gasteiger partial charge is 0.244 e. The molecule has 0 spiro atoms. The van der Waals surface area contributed by atoms with Crippen LogP contribution in [0.15, 0.2) is 23.1 Å². The lowest BCUT2D eigenvalue weighted by atomic mass is 9.94. The van der Waals surface area contributed by atoms with Gasteiger partial charge in [0.25, 0.3) is 0 Å². The van der Waals surface area contributed by atoms with E-state index in [0.717, 1.165) is 0 Å². The van der Waals surface area contributed by atoms with Crippen molar-refractivity contribution in [3.63, 3.8) is 0 Å². The maximum absolute atomic E-state index is 12.3. The van der Waals surface area contributed by atoms with E-state index in [2.05, 4.69) is 0 Å². The zero-order valence-corrected chi connectivity index (χ0v) is 11.0. The van der Waals surface area contributed by atoms with E-state index in [-0.39, 0.29) is 11.4 Å². The van der Waals surface area contributed by atoms with E-state index >= 15 is 0 Å². The molecule has 0 amide bonds. The third-order valence-corrected chi connectivity index (χ3v) is 5.42. The molecule has 1 aliphatic rings. The molecule has 6 heteroatoms. The summed E-state index contributed by atoms with van der Waals surface area (Å²) in [5, 5.41) is 0.407. The van der Waals surface area contributed by atoms with Crippen LogP contribution in [0.2, 0.25) is 5.02 Å². The summed E-state index contributed by atoms with van der Waals surface area (Å²) in [6, 6.07) is 4.77. The maximum atomic E-state index is 12.3. The number of halogens is 1. The number of fused-ring (bicyclic) bond motifs is 1. The van der Waals surface area contributed by atoms with Crippen molar-refractivity contribution in [1.82, 2.24) is 4.31 Å². The molecule has 0 N–H and O–H groups in total. The Labute approximate surface area is 105 Å². The molecular weight excluding hydrogens is 262 g/mol. The Kier molecular flexibility index (Phi) is 2.80. The molecule has 92 valence electrons. The van der Waals surface area contributed by atoms with Crippen LogP contribution < -0.4 is 0 Å². The number of hydrogen-bond donors (Lipinski definition) is 0. The third kappa shape index (κ3) is 1.61. The molecule has 0 atom stereocenters. The number of rotatable bonds is 2. The van der Waals surface area contributed by atoms with Crippen molar-refractivity contribution in [3.8, 4) is 0 Å². The van der Waals surface area contributed by atoms with Crippen molar-refractivity contribution in [1.29, 1.82) is 0 Å². The fourth-order valence-electron chi connectivity index (χ4n) is 2.25. The SMILES string of the molecule is CC1(C)c2c(Cl)cccc2S(=O)(=O)N1CC=O. The second-order valence-electron chi connectivity index (χ2n) is 4.37. The zero-order valence-electron chi connectivity index (χ0n) is 9.47. The molecule has 2 rings (SSSR count). The summed E-state index contributed by atoms with van der Waals surface area (Å²) >= 11 is 6.07. The van der Waals surface area contributed by atoms with E-state index in [4.69, 9.17) is 11.6 Å². The van der Waals surface area contributed by atoms with E-state index < -0.39 is 15.6 Å². The summed E-state index contributed by atoms with van der Waals surface area (Å²) in [5.74, 6) is 0. The van der Waals surface area contributed by atoms with E-state index in [1.54, 1.807) is 26.0 Å². The van der Waals surface area contributed by atoms with Crippen molar-refractivity contribution in [3.05, 3.63) is 28.8 Å². The monoisotopic (exact) mass is 273 g/mol. The highest BCUT2D eigenvalue weighted by Gasteiger charge is 2.48. The lowest BCUT2D eigenvalue weighted by Crippen LogP contribution is -2.40. The number of carbonyl (C=O) groups excluding carboxylic acids is 1. The van der Waals surface area contributed by atoms with E-state index in [1.165, 1.54) is 10.4 Å². The van der Waals surface area contributed by atoms with Crippen LogP contribution in [0.3, 0.4) is 0 Å². The topological polar surface area (TPSA) is 54.5 Å². The zero-order chi connectivity index (χ0) is 12.8. The number of sulfonamides is 1. The first-order valence-corrected chi connectivity index (χ1v) is 6.90. The van der Waals surface area contributed by atoms with Gasteiger partial charge in [-0.1, -0.05) is 17.7 Å². The van der Waals surface area contributed by atoms with Gasteiger partial charge < -0.3 is 4.79 Å². The van der Waals surface area contributed by atoms with Crippen molar-refractivity contribution >= 4 is 27.9 Å². The summed E-state index contributed by atoms with van der Waals surface area (Å²) in [4.78, 5) is 10.8. The van der Waals surface area contributed by atoms with Gasteiger partial charge in [-0.2, -0.15) is 4.31 Å². The fraction of sp³-hybridized carbons (Fsp3) is 0.364. The molecule has 1 aliphatic heterocycles. The minimum atomic E-state index is -3.62. The largest absolute Gasteiger partial charge is 0.302 e. The Morgan fingerprint density at radius 1 is 1.41 bits per heavy atom. The normalized spacial score (nSPS) is 21.1. The summed E-state index contributed by atoms with van der Waals surface area (Å²) in [6.07, 6.45) is 0.582. The second kappa shape index (κ2) is 3.80. The molecule has 17 heavy (non-hydrogen) atoms. The summed E-state index contributed by atoms with van der Waals surface area (Å²) in [6.45, 7) is 3.32. The first-order valence-electron chi connectivity index (χ1n) is 5.09. The molecule has 0 aromatic heterocycles. The minimum absolute atomic E-state index is 0.166. The number of aldehydes is 1. The Morgan fingerprint density at radius 2 is 2.06 bits per heavy atom. The molecule has 0 saturated heterocycles. The van der Waals surface area contributed by atoms with Crippen LogP contribution in [0.1, 0.15) is 19.4 Å². The highest BCUT2D eigenvalue weighted by Crippen LogP contribution is 2.46. The standard InChI is InChI=1S/C11H12ClNO3S/c1-11(2)10-8(12)4-3-5-9(10)17(15,16)13(11)6-7-14/h3-5,7H,6H2,1-2H3. The van der Waals surface area contributed by atoms with Crippen molar-refractivity contribution in [2.45, 2.75) is 24.3 Å². The average molecular weight is 274 g/mol. The van der Waals surface area contributed by atoms with Gasteiger partial charge in [0.2, 0.25) is 10.0 Å². The summed E-state index contributed by atoms with van der Waals surface area (Å²) in [5.41, 5.74) is -0.239. The Balaban J connectivity index is 2.77. The molecule has 1 aromatic carbocycles. The first-order chi connectivity index (χ1) is 7.83. The molecule has 1 heterocycles. The van der Waals surface area contributed by atoms with Crippen LogP contribution in [0.25, 0.3) is 0 Å². The van der Waals surface area contributed by atoms with E-state index in [9.17, 15) is 13.2 Å². The van der Waals surface area contributed by atoms with E-state index in [0.29, 0.717) is 16.9 Å². The van der Waals surface area contributed by atoms with Crippen LogP contribution in [-0.4, -0.2) is 25.6 Å². The van der Waals surface area contributed by atoms with Gasteiger partial charge in [-0.25, -0.2) is 8.42 Å². The second-order valence-corrected chi connectivity index (χ2v) is 6.61. The molecular formula is C11H12ClNO3S. The maximum Gasteiger partial charge on any atom is 0.244 e. The van der Waals surface area contributed by atoms with Crippen molar-refractivity contribution in [2.75, 3.05) is 6.54 Å². The van der Waals surface area contributed by atoms with Crippen LogP contribution in [-0.2, 0) is 20.4 Å². The number of hydrogen-bond acceptors (Lipinski definition) is 3. The lowest BCUT2D eigenvalue weighted by Gasteiger charge is -2.28. The summed E-state index contributed by atoms with van der Waals surface area (Å²) in [7, 11) is -3.62. The Hall–Kier alpha value is -0.910. The van der Waals surface area contributed by atoms with Crippen molar-refractivity contribution in [2.24, 2.45) is 0 Å². The van der Waals surface area contributed by atoms with Gasteiger partial charge in [-0.05, 0) is 26.0 Å². The lowest BCUT2D eigenvalue weighted by molar-refractivity contribution is -0.108. The molecule has 0 radical (unpaired) electrons. The average Bonchev–Trinajstić information content (AvgIpc) is 2.38. The molecule has 0 saturated carbocycles. The van der Waals surface area contributed by atoms with Crippen LogP contribution in [0.4, 0.5) is 0 Å². The highest BCUT2D eigenvalue weighted by molar-refractivity contribution is 7.89. The van der Waals surface area contributed by atoms with Crippen LogP contribution in [0, 0.1) is 0 Å².